The molecule has 1 aromatic heterocycles. The normalized spacial score (nSPS) is 14.1. The van der Waals surface area contributed by atoms with Gasteiger partial charge in [-0.25, -0.2) is 4.90 Å². The van der Waals surface area contributed by atoms with E-state index in [0.717, 1.165) is 16.0 Å². The monoisotopic (exact) mass is 442 g/mol. The van der Waals surface area contributed by atoms with Crippen molar-refractivity contribution < 1.29 is 9.59 Å². The second-order valence-corrected chi connectivity index (χ2v) is 8.51. The van der Waals surface area contributed by atoms with E-state index >= 15 is 0 Å². The molecule has 0 saturated carbocycles. The van der Waals surface area contributed by atoms with Crippen molar-refractivity contribution in [2.24, 2.45) is 0 Å². The second kappa shape index (κ2) is 7.67. The van der Waals surface area contributed by atoms with Gasteiger partial charge in [-0.05, 0) is 66.8 Å². The molecule has 7 heteroatoms. The lowest BCUT2D eigenvalue weighted by molar-refractivity contribution is -0.120. The van der Waals surface area contributed by atoms with Gasteiger partial charge in [0.2, 0.25) is 0 Å². The maximum absolute atomic E-state index is 13.4. The van der Waals surface area contributed by atoms with Crippen LogP contribution in [0.5, 0.6) is 0 Å². The number of carbonyl (C=O) groups excluding carboxylic acids is 2. The predicted octanol–water partition coefficient (Wildman–Crippen LogP) is 6.07. The van der Waals surface area contributed by atoms with Gasteiger partial charge in [-0.3, -0.25) is 9.59 Å². The first kappa shape index (κ1) is 19.7. The average Bonchev–Trinajstić information content (AvgIpc) is 3.27. The number of amides is 2. The Labute approximate surface area is 182 Å². The first-order chi connectivity index (χ1) is 13.9. The molecule has 2 amide bonds. The minimum absolute atomic E-state index is 0.238. The van der Waals surface area contributed by atoms with Crippen LogP contribution in [0.3, 0.4) is 0 Å². The van der Waals surface area contributed by atoms with Crippen molar-refractivity contribution in [1.29, 1.82) is 0 Å². The van der Waals surface area contributed by atoms with Gasteiger partial charge in [0, 0.05) is 20.6 Å². The summed E-state index contributed by atoms with van der Waals surface area (Å²) >= 11 is 13.6. The lowest BCUT2D eigenvalue weighted by Crippen LogP contribution is -2.33. The van der Waals surface area contributed by atoms with Crippen LogP contribution < -0.4 is 10.2 Å². The van der Waals surface area contributed by atoms with Crippen molar-refractivity contribution >= 4 is 63.3 Å². The number of thiophene rings is 1. The van der Waals surface area contributed by atoms with Crippen molar-refractivity contribution in [2.45, 2.75) is 13.8 Å². The van der Waals surface area contributed by atoms with E-state index in [9.17, 15) is 9.59 Å². The van der Waals surface area contributed by atoms with E-state index in [0.29, 0.717) is 27.0 Å². The first-order valence-corrected chi connectivity index (χ1v) is 10.5. The highest BCUT2D eigenvalue weighted by Gasteiger charge is 2.41. The molecule has 0 aliphatic carbocycles. The SMILES string of the molecule is Cc1cc(Cl)ccc1NC1=C(c2cccs2)C(=O)N(c2cc(Cl)ccc2C)C1=O. The molecule has 4 rings (SSSR count). The van der Waals surface area contributed by atoms with Gasteiger partial charge in [0.15, 0.2) is 0 Å². The smallest absolute Gasteiger partial charge is 0.282 e. The number of imide groups is 1. The molecule has 0 radical (unpaired) electrons. The highest BCUT2D eigenvalue weighted by molar-refractivity contribution is 7.11. The van der Waals surface area contributed by atoms with Crippen LogP contribution in [-0.4, -0.2) is 11.8 Å². The van der Waals surface area contributed by atoms with Crippen LogP contribution in [0, 0.1) is 13.8 Å². The molecule has 29 heavy (non-hydrogen) atoms. The van der Waals surface area contributed by atoms with Gasteiger partial charge in [0.05, 0.1) is 11.3 Å². The van der Waals surface area contributed by atoms with Gasteiger partial charge in [-0.2, -0.15) is 0 Å². The molecular weight excluding hydrogens is 427 g/mol. The maximum Gasteiger partial charge on any atom is 0.282 e. The Balaban J connectivity index is 1.84. The zero-order chi connectivity index (χ0) is 20.7. The molecule has 0 spiro atoms. The number of aryl methyl sites for hydroxylation is 2. The van der Waals surface area contributed by atoms with Crippen molar-refractivity contribution in [3.05, 3.63) is 85.7 Å². The molecule has 146 valence electrons. The van der Waals surface area contributed by atoms with Crippen LogP contribution in [0.25, 0.3) is 5.57 Å². The Morgan fingerprint density at radius 1 is 0.897 bits per heavy atom. The molecule has 2 aromatic carbocycles. The molecule has 1 aliphatic heterocycles. The molecule has 3 aromatic rings. The standard InChI is InChI=1S/C22H16Cl2N2O2S/c1-12-5-6-15(24)11-17(12)26-21(27)19(18-4-3-9-29-18)20(22(26)28)25-16-8-7-14(23)10-13(16)2/h3-11,25H,1-2H3. The maximum atomic E-state index is 13.4. The molecule has 0 atom stereocenters. The summed E-state index contributed by atoms with van der Waals surface area (Å²) in [5.41, 5.74) is 3.43. The number of rotatable bonds is 4. The Morgan fingerprint density at radius 3 is 2.31 bits per heavy atom. The third-order valence-corrected chi connectivity index (χ3v) is 6.07. The zero-order valence-corrected chi connectivity index (χ0v) is 18.0. The third-order valence-electron chi connectivity index (χ3n) is 4.71. The molecule has 0 bridgehead atoms. The molecule has 0 unspecified atom stereocenters. The fourth-order valence-corrected chi connectivity index (χ4v) is 4.40. The highest BCUT2D eigenvalue weighted by atomic mass is 35.5. The van der Waals surface area contributed by atoms with Gasteiger partial charge in [0.1, 0.15) is 5.70 Å². The van der Waals surface area contributed by atoms with Gasteiger partial charge >= 0.3 is 0 Å². The second-order valence-electron chi connectivity index (χ2n) is 6.69. The van der Waals surface area contributed by atoms with Gasteiger partial charge < -0.3 is 5.32 Å². The van der Waals surface area contributed by atoms with Crippen molar-refractivity contribution in [3.63, 3.8) is 0 Å². The fraction of sp³-hybridized carbons (Fsp3) is 0.0909. The van der Waals surface area contributed by atoms with Crippen LogP contribution in [0.15, 0.2) is 59.6 Å². The van der Waals surface area contributed by atoms with E-state index in [4.69, 9.17) is 23.2 Å². The Hall–Kier alpha value is -2.60. The van der Waals surface area contributed by atoms with Crippen LogP contribution in [0.2, 0.25) is 10.0 Å². The fourth-order valence-electron chi connectivity index (χ4n) is 3.24. The van der Waals surface area contributed by atoms with Crippen molar-refractivity contribution in [1.82, 2.24) is 0 Å². The summed E-state index contributed by atoms with van der Waals surface area (Å²) in [6, 6.07) is 14.2. The van der Waals surface area contributed by atoms with Crippen molar-refractivity contribution in [2.75, 3.05) is 10.2 Å². The lowest BCUT2D eigenvalue weighted by Gasteiger charge is -2.18. The van der Waals surface area contributed by atoms with Crippen LogP contribution >= 0.6 is 34.5 Å². The van der Waals surface area contributed by atoms with Gasteiger partial charge in [0.25, 0.3) is 11.8 Å². The van der Waals surface area contributed by atoms with E-state index in [1.807, 2.05) is 31.4 Å². The molecule has 1 aliphatic rings. The van der Waals surface area contributed by atoms with E-state index in [1.165, 1.54) is 16.2 Å². The zero-order valence-electron chi connectivity index (χ0n) is 15.6. The summed E-state index contributed by atoms with van der Waals surface area (Å²) in [6.07, 6.45) is 0. The summed E-state index contributed by atoms with van der Waals surface area (Å²) in [6.45, 7) is 3.73. The Kier molecular flexibility index (Phi) is 5.21. The predicted molar refractivity (Wildman–Crippen MR) is 120 cm³/mol. The number of hydrogen-bond donors (Lipinski definition) is 1. The quantitative estimate of drug-likeness (QED) is 0.498. The van der Waals surface area contributed by atoms with E-state index in [-0.39, 0.29) is 11.6 Å². The molecule has 0 fully saturated rings. The number of nitrogens with zero attached hydrogens (tertiary/aromatic N) is 1. The van der Waals surface area contributed by atoms with E-state index in [2.05, 4.69) is 5.32 Å². The number of halogens is 2. The number of anilines is 2. The number of carbonyl (C=O) groups is 2. The first-order valence-electron chi connectivity index (χ1n) is 8.83. The lowest BCUT2D eigenvalue weighted by atomic mass is 10.1. The van der Waals surface area contributed by atoms with Crippen molar-refractivity contribution in [3.8, 4) is 0 Å². The van der Waals surface area contributed by atoms with Crippen LogP contribution in [0.1, 0.15) is 16.0 Å². The number of nitrogens with one attached hydrogen (secondary N) is 1. The van der Waals surface area contributed by atoms with E-state index < -0.39 is 5.91 Å². The Bertz CT molecular complexity index is 1170. The number of hydrogen-bond acceptors (Lipinski definition) is 4. The molecule has 0 saturated heterocycles. The summed E-state index contributed by atoms with van der Waals surface area (Å²) in [7, 11) is 0. The summed E-state index contributed by atoms with van der Waals surface area (Å²) in [5, 5.41) is 6.10. The van der Waals surface area contributed by atoms with Crippen LogP contribution in [-0.2, 0) is 9.59 Å². The van der Waals surface area contributed by atoms with E-state index in [1.54, 1.807) is 36.4 Å². The minimum Gasteiger partial charge on any atom is -0.350 e. The number of benzene rings is 2. The summed E-state index contributed by atoms with van der Waals surface area (Å²) in [5.74, 6) is -0.796. The molecule has 4 nitrogen and oxygen atoms in total. The largest absolute Gasteiger partial charge is 0.350 e. The highest BCUT2D eigenvalue weighted by Crippen LogP contribution is 2.37. The summed E-state index contributed by atoms with van der Waals surface area (Å²) < 4.78 is 0. The topological polar surface area (TPSA) is 49.4 Å². The minimum atomic E-state index is -0.418. The average molecular weight is 443 g/mol. The molecule has 1 N–H and O–H groups in total. The molecule has 2 heterocycles. The summed E-state index contributed by atoms with van der Waals surface area (Å²) in [4.78, 5) is 28.7. The van der Waals surface area contributed by atoms with Gasteiger partial charge in [-0.1, -0.05) is 35.3 Å². The van der Waals surface area contributed by atoms with Crippen LogP contribution in [0.4, 0.5) is 11.4 Å². The Morgan fingerprint density at radius 2 is 1.62 bits per heavy atom. The third kappa shape index (κ3) is 3.57. The molecular formula is C22H16Cl2N2O2S. The van der Waals surface area contributed by atoms with Gasteiger partial charge in [-0.15, -0.1) is 11.3 Å².